The summed E-state index contributed by atoms with van der Waals surface area (Å²) in [7, 11) is 0. The van der Waals surface area contributed by atoms with Crippen LogP contribution in [0.15, 0.2) is 146 Å². The molecule has 16 aromatic rings. The molecular weight excluding hydrogens is 1560 g/mol. The average Bonchev–Trinajstić information content (AvgIpc) is 0.640. The van der Waals surface area contributed by atoms with E-state index in [0.717, 1.165) is 72.5 Å². The van der Waals surface area contributed by atoms with Crippen LogP contribution >= 0.6 is 0 Å². The van der Waals surface area contributed by atoms with Crippen LogP contribution in [0.25, 0.3) is 163 Å². The van der Waals surface area contributed by atoms with Crippen LogP contribution in [0.1, 0.15) is 230 Å². The summed E-state index contributed by atoms with van der Waals surface area (Å²) >= 11 is 0. The van der Waals surface area contributed by atoms with Gasteiger partial charge in [0.15, 0.2) is 0 Å². The molecule has 126 heavy (non-hydrogen) atoms. The van der Waals surface area contributed by atoms with E-state index in [-0.39, 0.29) is 19.8 Å². The Kier molecular flexibility index (Phi) is 33.1. The van der Waals surface area contributed by atoms with Crippen LogP contribution in [-0.4, -0.2) is 134 Å². The van der Waals surface area contributed by atoms with Crippen LogP contribution in [0.4, 0.5) is 0 Å². The van der Waals surface area contributed by atoms with E-state index >= 15 is 0 Å². The predicted octanol–water partition coefficient (Wildman–Crippen LogP) is 28.8. The minimum atomic E-state index is -0.00462. The highest BCUT2D eigenvalue weighted by atomic mass is 16.6. The summed E-state index contributed by atoms with van der Waals surface area (Å²) in [5.74, 6) is 2.40. The lowest BCUT2D eigenvalue weighted by atomic mass is 9.72. The monoisotopic (exact) mass is 1700 g/mol. The van der Waals surface area contributed by atoms with Crippen LogP contribution in [0.3, 0.4) is 0 Å². The van der Waals surface area contributed by atoms with Gasteiger partial charge in [0.25, 0.3) is 0 Å². The van der Waals surface area contributed by atoms with Gasteiger partial charge >= 0.3 is 0 Å². The molecule has 666 valence electrons. The zero-order valence-corrected chi connectivity index (χ0v) is 75.9. The van der Waals surface area contributed by atoms with Crippen LogP contribution in [0.2, 0.25) is 0 Å². The van der Waals surface area contributed by atoms with Crippen molar-refractivity contribution in [3.05, 3.63) is 162 Å². The molecule has 0 aromatic heterocycles. The highest BCUT2D eigenvalue weighted by Crippen LogP contribution is 2.62. The van der Waals surface area contributed by atoms with E-state index in [9.17, 15) is 15.3 Å². The van der Waals surface area contributed by atoms with Crippen molar-refractivity contribution in [2.45, 2.75) is 233 Å². The first-order valence-corrected chi connectivity index (χ1v) is 49.2. The second-order valence-corrected chi connectivity index (χ2v) is 36.0. The quantitative estimate of drug-likeness (QED) is 0.0190. The van der Waals surface area contributed by atoms with E-state index < -0.39 is 0 Å². The van der Waals surface area contributed by atoms with Crippen LogP contribution < -0.4 is 14.2 Å². The average molecular weight is 1700 g/mol. The summed E-state index contributed by atoms with van der Waals surface area (Å²) in [4.78, 5) is 0. The maximum absolute atomic E-state index is 9.24. The number of hydrogen-bond donors (Lipinski definition) is 3. The minimum absolute atomic E-state index is 0.00462. The zero-order chi connectivity index (χ0) is 86.2. The van der Waals surface area contributed by atoms with Gasteiger partial charge < -0.3 is 58.0 Å². The molecule has 0 spiro atoms. The van der Waals surface area contributed by atoms with Gasteiger partial charge in [0.2, 0.25) is 0 Å². The number of benzene rings is 16. The Balaban J connectivity index is 0.929. The summed E-state index contributed by atoms with van der Waals surface area (Å²) in [5.41, 5.74) is 11.2. The summed E-state index contributed by atoms with van der Waals surface area (Å²) in [6, 6.07) is 58.0. The van der Waals surface area contributed by atoms with Crippen LogP contribution in [0.5, 0.6) is 17.2 Å². The molecule has 12 nitrogen and oxygen atoms in total. The number of ether oxygens (including phenoxy) is 9. The van der Waals surface area contributed by atoms with E-state index in [4.69, 9.17) is 42.6 Å². The van der Waals surface area contributed by atoms with Crippen molar-refractivity contribution in [3.8, 4) is 50.6 Å². The molecule has 0 heterocycles. The number of aryl methyl sites for hydroxylation is 3. The number of aliphatic hydroxyl groups excluding tert-OH is 3. The summed E-state index contributed by atoms with van der Waals surface area (Å²) < 4.78 is 53.3. The van der Waals surface area contributed by atoms with E-state index in [1.807, 2.05) is 0 Å². The third-order valence-electron chi connectivity index (χ3n) is 27.1. The van der Waals surface area contributed by atoms with Crippen molar-refractivity contribution in [1.82, 2.24) is 0 Å². The third kappa shape index (κ3) is 21.1. The van der Waals surface area contributed by atoms with Crippen LogP contribution in [0, 0.1) is 0 Å². The molecule has 12 heteroatoms. The first-order valence-electron chi connectivity index (χ1n) is 49.2. The zero-order valence-electron chi connectivity index (χ0n) is 75.9. The fourth-order valence-corrected chi connectivity index (χ4v) is 20.9. The number of rotatable bonds is 63. The Morgan fingerprint density at radius 2 is 0.349 bits per heavy atom. The van der Waals surface area contributed by atoms with E-state index in [1.165, 1.54) is 336 Å². The summed E-state index contributed by atoms with van der Waals surface area (Å²) in [6.07, 6.45) is 41.8. The fraction of sp³-hybridized carbons (Fsp3) is 0.474. The van der Waals surface area contributed by atoms with Crippen LogP contribution in [-0.2, 0) is 47.7 Å². The number of unbranched alkanes of at least 4 members (excludes halogenated alkanes) is 27. The SMILES string of the molecule is CCCCCCCCCCCCc1cc2c3cc(-c4ccc(OCCOCCOCCO)cc4)cc4c5cc(CCCCCCCCCCCC)cc6c7cc(-c8ccc(OCCOCCOCCO)cc8)cc8c9cc(CCCCCCCCCCCC)cc%10c%11cc(-c%12ccc(OCCOCCOCCO)cc%12)cc%12c(c1)c2c1c(c34)c(c56)c(c78)c(c%109)c1c%12%11. The Morgan fingerprint density at radius 3 is 0.548 bits per heavy atom. The fourth-order valence-electron chi connectivity index (χ4n) is 20.9. The van der Waals surface area contributed by atoms with Crippen molar-refractivity contribution in [2.24, 2.45) is 0 Å². The molecule has 0 unspecified atom stereocenters. The maximum atomic E-state index is 9.24. The molecule has 0 atom stereocenters. The van der Waals surface area contributed by atoms with Crippen molar-refractivity contribution < 1.29 is 58.0 Å². The summed E-state index contributed by atoms with van der Waals surface area (Å²) in [6.45, 7) is 13.0. The second kappa shape index (κ2) is 46.0. The van der Waals surface area contributed by atoms with Gasteiger partial charge in [0, 0.05) is 0 Å². The highest BCUT2D eigenvalue weighted by molar-refractivity contribution is 6.61. The molecule has 0 aliphatic heterocycles. The molecule has 0 saturated heterocycles. The van der Waals surface area contributed by atoms with Gasteiger partial charge in [-0.3, -0.25) is 0 Å². The van der Waals surface area contributed by atoms with E-state index in [0.29, 0.717) is 99.1 Å². The van der Waals surface area contributed by atoms with Crippen molar-refractivity contribution >= 4 is 129 Å². The van der Waals surface area contributed by atoms with Gasteiger partial charge in [0.05, 0.1) is 99.1 Å². The molecule has 0 amide bonds. The number of hydrogen-bond acceptors (Lipinski definition) is 12. The standard InChI is InChI=1S/C114H138O12/c1-4-7-10-13-16-19-22-25-28-31-34-79-67-91-97-73-85(82-37-43-88(44-38-82)124-64-61-121-58-55-118-52-49-115)75-99-93-69-80(35-32-29-26-23-20-17-14-11-8-5-2)71-95-101-77-87(84-41-47-90(48-42-84)126-66-63-123-60-57-120-54-51-117)78-102-96-72-81(36-33-30-27-24-21-18-15-12-9-6-3)70-94-100-76-86(83-39-45-89(46-40-83)125-65-62-122-59-56-119-53-50-116)74-98-92(68-79)103(91)109-112(106(97)99)110(104(93)95)114(108(101)102)111(105(94)96)113(109)107(98)100/h37-48,67-78,115-117H,4-36,49-66H2,1-3H3. The third-order valence-corrected chi connectivity index (χ3v) is 27.1. The van der Waals surface area contributed by atoms with E-state index in [1.54, 1.807) is 0 Å². The molecule has 0 fully saturated rings. The first-order chi connectivity index (χ1) is 62.4. The Morgan fingerprint density at radius 1 is 0.175 bits per heavy atom. The van der Waals surface area contributed by atoms with Gasteiger partial charge in [-0.2, -0.15) is 0 Å². The Labute approximate surface area is 747 Å². The molecule has 0 saturated carbocycles. The first kappa shape index (κ1) is 90.6. The largest absolute Gasteiger partial charge is 0.491 e. The van der Waals surface area contributed by atoms with Gasteiger partial charge in [-0.25, -0.2) is 0 Å². The number of fused-ring (bicyclic) bond motifs is 6. The Hall–Kier alpha value is -8.76. The molecular formula is C114H138O12. The topological polar surface area (TPSA) is 144 Å². The van der Waals surface area contributed by atoms with Gasteiger partial charge in [-0.15, -0.1) is 0 Å². The Bertz CT molecular complexity index is 5190. The molecule has 0 aliphatic rings. The highest BCUT2D eigenvalue weighted by Gasteiger charge is 2.34. The predicted molar refractivity (Wildman–Crippen MR) is 529 cm³/mol. The summed E-state index contributed by atoms with van der Waals surface area (Å²) in [5, 5.41) is 60.4. The van der Waals surface area contributed by atoms with Gasteiger partial charge in [-0.1, -0.05) is 267 Å². The van der Waals surface area contributed by atoms with Crippen molar-refractivity contribution in [2.75, 3.05) is 119 Å². The number of aliphatic hydroxyl groups is 3. The normalized spacial score (nSPS) is 12.4. The molecule has 0 radical (unpaired) electrons. The van der Waals surface area contributed by atoms with Gasteiger partial charge in [-0.05, 0) is 291 Å². The van der Waals surface area contributed by atoms with E-state index in [2.05, 4.69) is 166 Å². The molecule has 0 bridgehead atoms. The lowest BCUT2D eigenvalue weighted by Gasteiger charge is -2.30. The smallest absolute Gasteiger partial charge is 0.119 e. The molecule has 16 rings (SSSR count). The minimum Gasteiger partial charge on any atom is -0.491 e. The molecule has 3 N–H and O–H groups in total. The second-order valence-electron chi connectivity index (χ2n) is 36.0. The van der Waals surface area contributed by atoms with Gasteiger partial charge in [0.1, 0.15) is 37.1 Å². The van der Waals surface area contributed by atoms with Crippen molar-refractivity contribution in [1.29, 1.82) is 0 Å². The van der Waals surface area contributed by atoms with Crippen molar-refractivity contribution in [3.63, 3.8) is 0 Å². The molecule has 0 aliphatic carbocycles. The molecule has 16 aromatic carbocycles. The lowest BCUT2D eigenvalue weighted by Crippen LogP contribution is -2.11. The maximum Gasteiger partial charge on any atom is 0.119 e. The lowest BCUT2D eigenvalue weighted by molar-refractivity contribution is 0.0247.